The molecule has 1 N–H and O–H groups in total. The molecular formula is C28H23F7O6. The van der Waals surface area contributed by atoms with Gasteiger partial charge in [-0.05, 0) is 56.3 Å². The standard InChI is InChI=1S/C19H15F3O5.C9H8F4O/c1-2-25-14-7-9(19(20,21)22)3-6-12(14)26-10-4-5-11-13(8-10)27-17-15(11)16(17)18(23)24;1-2-14-8-5-6(9(11,12)13)3-4-7(8)10/h3-8,15-17H,2H2,1H3,(H,23,24);3-5H,2H2,1H3. The molecule has 3 aromatic rings. The van der Waals surface area contributed by atoms with Gasteiger partial charge in [0.15, 0.2) is 23.1 Å². The number of fused-ring (bicyclic) bond motifs is 3. The van der Waals surface area contributed by atoms with E-state index in [1.807, 2.05) is 0 Å². The minimum absolute atomic E-state index is 0.0115. The Labute approximate surface area is 229 Å². The Kier molecular flexibility index (Phi) is 8.27. The normalized spacial score (nSPS) is 18.7. The number of carboxylic acid groups (broad SMARTS) is 1. The third-order valence-corrected chi connectivity index (χ3v) is 6.20. The van der Waals surface area contributed by atoms with Crippen LogP contribution in [0.15, 0.2) is 54.6 Å². The molecule has 1 heterocycles. The number of carbonyl (C=O) groups is 1. The van der Waals surface area contributed by atoms with Crippen LogP contribution in [-0.4, -0.2) is 30.4 Å². The molecule has 1 saturated carbocycles. The third kappa shape index (κ3) is 6.60. The Balaban J connectivity index is 0.000000234. The van der Waals surface area contributed by atoms with Gasteiger partial charge in [-0.1, -0.05) is 6.07 Å². The van der Waals surface area contributed by atoms with Gasteiger partial charge in [-0.25, -0.2) is 4.39 Å². The van der Waals surface area contributed by atoms with Crippen LogP contribution in [0, 0.1) is 11.7 Å². The second-order valence-corrected chi connectivity index (χ2v) is 8.94. The van der Waals surface area contributed by atoms with E-state index in [9.17, 15) is 35.5 Å². The molecule has 0 aromatic heterocycles. The second-order valence-electron chi connectivity index (χ2n) is 8.94. The van der Waals surface area contributed by atoms with Crippen LogP contribution >= 0.6 is 0 Å². The largest absolute Gasteiger partial charge is 0.491 e. The topological polar surface area (TPSA) is 74.2 Å². The number of hydrogen-bond acceptors (Lipinski definition) is 5. The van der Waals surface area contributed by atoms with Crippen molar-refractivity contribution in [2.24, 2.45) is 5.92 Å². The number of halogens is 7. The van der Waals surface area contributed by atoms with Crippen LogP contribution < -0.4 is 18.9 Å². The van der Waals surface area contributed by atoms with Crippen LogP contribution in [0.4, 0.5) is 30.7 Å². The molecule has 13 heteroatoms. The second kappa shape index (κ2) is 11.4. The van der Waals surface area contributed by atoms with E-state index in [2.05, 4.69) is 0 Å². The van der Waals surface area contributed by atoms with Crippen molar-refractivity contribution in [1.82, 2.24) is 0 Å². The zero-order valence-corrected chi connectivity index (χ0v) is 21.5. The number of alkyl halides is 6. The first-order valence-corrected chi connectivity index (χ1v) is 12.3. The van der Waals surface area contributed by atoms with Gasteiger partial charge in [-0.2, -0.15) is 26.3 Å². The summed E-state index contributed by atoms with van der Waals surface area (Å²) in [7, 11) is 0. The van der Waals surface area contributed by atoms with Gasteiger partial charge in [0, 0.05) is 17.5 Å². The lowest BCUT2D eigenvalue weighted by Crippen LogP contribution is -2.08. The Morgan fingerprint density at radius 2 is 1.41 bits per heavy atom. The van der Waals surface area contributed by atoms with E-state index in [0.717, 1.165) is 23.8 Å². The molecule has 0 amide bonds. The molecular weight excluding hydrogens is 565 g/mol. The number of carboxylic acids is 1. The lowest BCUT2D eigenvalue weighted by atomic mass is 10.1. The van der Waals surface area contributed by atoms with Crippen molar-refractivity contribution in [2.75, 3.05) is 13.2 Å². The summed E-state index contributed by atoms with van der Waals surface area (Å²) in [5, 5.41) is 9.10. The highest BCUT2D eigenvalue weighted by molar-refractivity contribution is 5.79. The fourth-order valence-electron chi connectivity index (χ4n) is 4.31. The van der Waals surface area contributed by atoms with Gasteiger partial charge in [-0.3, -0.25) is 4.79 Å². The summed E-state index contributed by atoms with van der Waals surface area (Å²) in [6, 6.07) is 10.1. The summed E-state index contributed by atoms with van der Waals surface area (Å²) in [5.41, 5.74) is -0.935. The molecule has 1 aliphatic heterocycles. The van der Waals surface area contributed by atoms with E-state index in [4.69, 9.17) is 24.1 Å². The van der Waals surface area contributed by atoms with Gasteiger partial charge in [0.05, 0.1) is 24.3 Å². The summed E-state index contributed by atoms with van der Waals surface area (Å²) in [5.74, 6) is -1.70. The van der Waals surface area contributed by atoms with Crippen LogP contribution in [0.5, 0.6) is 28.7 Å². The molecule has 0 spiro atoms. The van der Waals surface area contributed by atoms with E-state index in [-0.39, 0.29) is 42.5 Å². The van der Waals surface area contributed by atoms with E-state index in [0.29, 0.717) is 23.6 Å². The molecule has 6 nitrogen and oxygen atoms in total. The van der Waals surface area contributed by atoms with E-state index >= 15 is 0 Å². The molecule has 3 unspecified atom stereocenters. The van der Waals surface area contributed by atoms with Crippen molar-refractivity contribution < 1.29 is 59.6 Å². The fraction of sp³-hybridized carbons (Fsp3) is 0.321. The van der Waals surface area contributed by atoms with Crippen molar-refractivity contribution in [2.45, 2.75) is 38.2 Å². The van der Waals surface area contributed by atoms with Gasteiger partial charge in [0.2, 0.25) is 0 Å². The molecule has 41 heavy (non-hydrogen) atoms. The number of benzene rings is 3. The predicted molar refractivity (Wildman–Crippen MR) is 130 cm³/mol. The highest BCUT2D eigenvalue weighted by Crippen LogP contribution is 2.59. The van der Waals surface area contributed by atoms with Crippen LogP contribution in [0.2, 0.25) is 0 Å². The van der Waals surface area contributed by atoms with Crippen molar-refractivity contribution in [3.8, 4) is 28.7 Å². The van der Waals surface area contributed by atoms with Gasteiger partial charge in [-0.15, -0.1) is 0 Å². The van der Waals surface area contributed by atoms with Gasteiger partial charge in [0.25, 0.3) is 0 Å². The molecule has 0 saturated heterocycles. The molecule has 2 aliphatic rings. The maximum atomic E-state index is 12.9. The highest BCUT2D eigenvalue weighted by atomic mass is 19.4. The summed E-state index contributed by atoms with van der Waals surface area (Å²) < 4.78 is 109. The van der Waals surface area contributed by atoms with Gasteiger partial charge in [0.1, 0.15) is 23.5 Å². The van der Waals surface area contributed by atoms with Crippen LogP contribution in [-0.2, 0) is 17.1 Å². The Bertz CT molecular complexity index is 1420. The van der Waals surface area contributed by atoms with Crippen molar-refractivity contribution in [3.05, 3.63) is 77.1 Å². The number of hydrogen-bond donors (Lipinski definition) is 1. The third-order valence-electron chi connectivity index (χ3n) is 6.20. The maximum Gasteiger partial charge on any atom is 0.416 e. The lowest BCUT2D eigenvalue weighted by Gasteiger charge is -2.15. The SMILES string of the molecule is CCOc1cc(C(F)(F)F)ccc1F.CCOc1cc(C(F)(F)F)ccc1Oc1ccc2c(c1)OC1C(C(=O)O)C21. The fourth-order valence-corrected chi connectivity index (χ4v) is 4.31. The molecule has 1 aliphatic carbocycles. The van der Waals surface area contributed by atoms with Gasteiger partial charge < -0.3 is 24.1 Å². The minimum atomic E-state index is -4.48. The Morgan fingerprint density at radius 1 is 0.829 bits per heavy atom. The van der Waals surface area contributed by atoms with Crippen LogP contribution in [0.1, 0.15) is 36.5 Å². The van der Waals surface area contributed by atoms with Crippen LogP contribution in [0.25, 0.3) is 0 Å². The smallest absolute Gasteiger partial charge is 0.416 e. The maximum absolute atomic E-state index is 12.9. The summed E-state index contributed by atoms with van der Waals surface area (Å²) in [4.78, 5) is 11.1. The highest BCUT2D eigenvalue weighted by Gasteiger charge is 2.63. The van der Waals surface area contributed by atoms with E-state index < -0.39 is 41.2 Å². The number of aliphatic carboxylic acids is 1. The summed E-state index contributed by atoms with van der Waals surface area (Å²) in [6.45, 7) is 3.54. The Morgan fingerprint density at radius 3 is 2.00 bits per heavy atom. The first-order valence-electron chi connectivity index (χ1n) is 12.3. The zero-order valence-electron chi connectivity index (χ0n) is 21.5. The van der Waals surface area contributed by atoms with Crippen molar-refractivity contribution in [3.63, 3.8) is 0 Å². The average molecular weight is 588 g/mol. The zero-order chi connectivity index (χ0) is 30.1. The van der Waals surface area contributed by atoms with Crippen molar-refractivity contribution in [1.29, 1.82) is 0 Å². The van der Waals surface area contributed by atoms with E-state index in [1.54, 1.807) is 32.0 Å². The lowest BCUT2D eigenvalue weighted by molar-refractivity contribution is -0.139. The Hall–Kier alpha value is -4.16. The molecule has 3 atom stereocenters. The number of ether oxygens (including phenoxy) is 4. The quantitative estimate of drug-likeness (QED) is 0.285. The van der Waals surface area contributed by atoms with Gasteiger partial charge >= 0.3 is 18.3 Å². The molecule has 3 aromatic carbocycles. The summed E-state index contributed by atoms with van der Waals surface area (Å²) in [6.07, 6.45) is -9.31. The first-order chi connectivity index (χ1) is 19.2. The van der Waals surface area contributed by atoms with Crippen LogP contribution in [0.3, 0.4) is 0 Å². The predicted octanol–water partition coefficient (Wildman–Crippen LogP) is 7.70. The number of rotatable bonds is 7. The molecule has 220 valence electrons. The molecule has 0 radical (unpaired) electrons. The van der Waals surface area contributed by atoms with E-state index in [1.165, 1.54) is 6.07 Å². The monoisotopic (exact) mass is 588 g/mol. The first kappa shape index (κ1) is 29.8. The molecule has 5 rings (SSSR count). The molecule has 0 bridgehead atoms. The average Bonchev–Trinajstić information content (AvgIpc) is 3.48. The summed E-state index contributed by atoms with van der Waals surface area (Å²) >= 11 is 0. The molecule has 1 fully saturated rings. The minimum Gasteiger partial charge on any atom is -0.491 e. The van der Waals surface area contributed by atoms with Crippen molar-refractivity contribution >= 4 is 5.97 Å².